The Bertz CT molecular complexity index is 584. The van der Waals surface area contributed by atoms with E-state index in [1.807, 2.05) is 5.32 Å². The summed E-state index contributed by atoms with van der Waals surface area (Å²) in [6, 6.07) is 5.79. The number of nitrogens with one attached hydrogen (secondary N) is 2. The van der Waals surface area contributed by atoms with Crippen LogP contribution in [0, 0.1) is 0 Å². The highest BCUT2D eigenvalue weighted by Gasteiger charge is 2.12. The molecule has 25 heavy (non-hydrogen) atoms. The van der Waals surface area contributed by atoms with Crippen molar-refractivity contribution in [1.29, 1.82) is 0 Å². The van der Waals surface area contributed by atoms with Crippen LogP contribution in [0.3, 0.4) is 0 Å². The van der Waals surface area contributed by atoms with E-state index in [0.717, 1.165) is 19.3 Å². The molecule has 0 atom stereocenters. The molecule has 0 spiro atoms. The smallest absolute Gasteiger partial charge is 0.338 e. The van der Waals surface area contributed by atoms with Crippen LogP contribution >= 0.6 is 0 Å². The van der Waals surface area contributed by atoms with Gasteiger partial charge in [-0.3, -0.25) is 10.1 Å². The van der Waals surface area contributed by atoms with E-state index in [2.05, 4.69) is 18.8 Å². The lowest BCUT2D eigenvalue weighted by Gasteiger charge is -2.08. The molecule has 136 valence electrons. The minimum atomic E-state index is -0.717. The van der Waals surface area contributed by atoms with Gasteiger partial charge < -0.3 is 14.8 Å². The Morgan fingerprint density at radius 1 is 1.16 bits per heavy atom. The summed E-state index contributed by atoms with van der Waals surface area (Å²) < 4.78 is 10.4. The van der Waals surface area contributed by atoms with Crippen LogP contribution in [0.1, 0.15) is 36.5 Å². The molecule has 0 radical (unpaired) electrons. The summed E-state index contributed by atoms with van der Waals surface area (Å²) in [5.74, 6) is -0.700. The van der Waals surface area contributed by atoms with Gasteiger partial charge in [0.1, 0.15) is 5.75 Å². The third-order valence-corrected chi connectivity index (χ3v) is 3.10. The van der Waals surface area contributed by atoms with E-state index in [9.17, 15) is 14.4 Å². The van der Waals surface area contributed by atoms with Crippen LogP contribution in [0.2, 0.25) is 0 Å². The summed E-state index contributed by atoms with van der Waals surface area (Å²) in [4.78, 5) is 34.6. The lowest BCUT2D eigenvalue weighted by Crippen LogP contribution is -2.41. The normalized spacial score (nSPS) is 9.80. The number of carbonyl (C=O) groups excluding carboxylic acids is 3. The Balaban J connectivity index is 2.35. The van der Waals surface area contributed by atoms with Crippen LogP contribution in [0.5, 0.6) is 5.75 Å². The van der Waals surface area contributed by atoms with Crippen molar-refractivity contribution in [2.75, 3.05) is 19.8 Å². The van der Waals surface area contributed by atoms with Crippen molar-refractivity contribution in [1.82, 2.24) is 10.6 Å². The van der Waals surface area contributed by atoms with Crippen molar-refractivity contribution in [3.05, 3.63) is 42.5 Å². The van der Waals surface area contributed by atoms with E-state index >= 15 is 0 Å². The second-order valence-electron chi connectivity index (χ2n) is 5.20. The Morgan fingerprint density at radius 3 is 2.52 bits per heavy atom. The second-order valence-corrected chi connectivity index (χ2v) is 5.20. The molecule has 7 nitrogen and oxygen atoms in total. The van der Waals surface area contributed by atoms with Crippen molar-refractivity contribution in [2.45, 2.75) is 26.2 Å². The molecule has 0 heterocycles. The Hall–Kier alpha value is -2.83. The number of carbonyl (C=O) groups is 3. The number of unbranched alkanes of at least 4 members (excludes halogenated alkanes) is 2. The molecular weight excluding hydrogens is 324 g/mol. The number of amides is 3. The minimum Gasteiger partial charge on any atom is -0.494 e. The fraction of sp³-hybridized carbons (Fsp3) is 0.389. The summed E-state index contributed by atoms with van der Waals surface area (Å²) in [5.41, 5.74) is 0.296. The first-order valence-electron chi connectivity index (χ1n) is 8.15. The lowest BCUT2D eigenvalue weighted by molar-refractivity contribution is -0.123. The highest BCUT2D eigenvalue weighted by molar-refractivity contribution is 5.97. The third-order valence-electron chi connectivity index (χ3n) is 3.10. The topological polar surface area (TPSA) is 93.7 Å². The van der Waals surface area contributed by atoms with E-state index in [-0.39, 0.29) is 6.54 Å². The van der Waals surface area contributed by atoms with Crippen LogP contribution in [0.25, 0.3) is 0 Å². The lowest BCUT2D eigenvalue weighted by atomic mass is 10.2. The minimum absolute atomic E-state index is 0.228. The number of ether oxygens (including phenoxy) is 2. The van der Waals surface area contributed by atoms with E-state index in [0.29, 0.717) is 17.9 Å². The van der Waals surface area contributed by atoms with Crippen LogP contribution < -0.4 is 15.4 Å². The third kappa shape index (κ3) is 8.55. The molecule has 0 aromatic heterocycles. The zero-order valence-corrected chi connectivity index (χ0v) is 14.4. The van der Waals surface area contributed by atoms with Gasteiger partial charge in [0.15, 0.2) is 6.61 Å². The van der Waals surface area contributed by atoms with Gasteiger partial charge in [0.25, 0.3) is 5.91 Å². The largest absolute Gasteiger partial charge is 0.494 e. The number of urea groups is 1. The number of rotatable bonds is 10. The summed E-state index contributed by atoms with van der Waals surface area (Å²) in [5, 5.41) is 4.40. The fourth-order valence-electron chi connectivity index (χ4n) is 1.82. The fourth-order valence-corrected chi connectivity index (χ4v) is 1.82. The van der Waals surface area contributed by atoms with E-state index in [1.165, 1.54) is 6.08 Å². The molecule has 3 amide bonds. The first kappa shape index (κ1) is 20.2. The molecule has 1 aromatic rings. The molecule has 0 aliphatic rings. The quantitative estimate of drug-likeness (QED) is 0.385. The van der Waals surface area contributed by atoms with Crippen molar-refractivity contribution < 1.29 is 23.9 Å². The van der Waals surface area contributed by atoms with E-state index in [4.69, 9.17) is 9.47 Å². The van der Waals surface area contributed by atoms with Crippen molar-refractivity contribution in [3.63, 3.8) is 0 Å². The predicted octanol–water partition coefficient (Wildman–Crippen LogP) is 2.42. The molecule has 7 heteroatoms. The number of imide groups is 1. The van der Waals surface area contributed by atoms with E-state index in [1.54, 1.807) is 24.3 Å². The van der Waals surface area contributed by atoms with Crippen molar-refractivity contribution >= 4 is 17.9 Å². The summed E-state index contributed by atoms with van der Waals surface area (Å²) in [6.45, 7) is 5.86. The maximum absolute atomic E-state index is 11.9. The maximum atomic E-state index is 11.9. The van der Waals surface area contributed by atoms with Gasteiger partial charge in [-0.25, -0.2) is 9.59 Å². The zero-order valence-electron chi connectivity index (χ0n) is 14.4. The average Bonchev–Trinajstić information content (AvgIpc) is 2.62. The highest BCUT2D eigenvalue weighted by Crippen LogP contribution is 2.13. The summed E-state index contributed by atoms with van der Waals surface area (Å²) >= 11 is 0. The molecule has 0 fully saturated rings. The molecule has 1 aromatic carbocycles. The highest BCUT2D eigenvalue weighted by atomic mass is 16.5. The first-order chi connectivity index (χ1) is 12.1. The van der Waals surface area contributed by atoms with Crippen LogP contribution in [-0.2, 0) is 9.53 Å². The molecular formula is C18H24N2O5. The second kappa shape index (κ2) is 11.7. The molecule has 1 rings (SSSR count). The number of hydrogen-bond acceptors (Lipinski definition) is 5. The maximum Gasteiger partial charge on any atom is 0.338 e. The number of benzene rings is 1. The SMILES string of the molecule is C=CCNC(=O)NC(=O)COC(=O)c1ccc(OCCCCC)cc1. The van der Waals surface area contributed by atoms with Crippen LogP contribution in [0.15, 0.2) is 36.9 Å². The van der Waals surface area contributed by atoms with Crippen molar-refractivity contribution in [2.24, 2.45) is 0 Å². The molecule has 0 bridgehead atoms. The predicted molar refractivity (Wildman–Crippen MR) is 93.5 cm³/mol. The first-order valence-corrected chi connectivity index (χ1v) is 8.15. The van der Waals surface area contributed by atoms with Gasteiger partial charge in [0, 0.05) is 6.54 Å². The molecule has 0 saturated carbocycles. The molecule has 0 aliphatic heterocycles. The van der Waals surface area contributed by atoms with Gasteiger partial charge in [-0.05, 0) is 30.7 Å². The van der Waals surface area contributed by atoms with Gasteiger partial charge in [-0.1, -0.05) is 25.8 Å². The van der Waals surface area contributed by atoms with Crippen LogP contribution in [0.4, 0.5) is 4.79 Å². The monoisotopic (exact) mass is 348 g/mol. The Kier molecular flexibility index (Phi) is 9.43. The molecule has 2 N–H and O–H groups in total. The van der Waals surface area contributed by atoms with Crippen molar-refractivity contribution in [3.8, 4) is 5.75 Å². The number of esters is 1. The molecule has 0 aliphatic carbocycles. The van der Waals surface area contributed by atoms with E-state index < -0.39 is 24.5 Å². The van der Waals surface area contributed by atoms with Gasteiger partial charge >= 0.3 is 12.0 Å². The molecule has 0 unspecified atom stereocenters. The average molecular weight is 348 g/mol. The number of hydrogen-bond donors (Lipinski definition) is 2. The summed E-state index contributed by atoms with van der Waals surface area (Å²) in [6.07, 6.45) is 4.69. The van der Waals surface area contributed by atoms with Gasteiger partial charge in [0.05, 0.1) is 12.2 Å². The van der Waals surface area contributed by atoms with Gasteiger partial charge in [0.2, 0.25) is 0 Å². The summed E-state index contributed by atoms with van der Waals surface area (Å²) in [7, 11) is 0. The van der Waals surface area contributed by atoms with Crippen LogP contribution in [-0.4, -0.2) is 37.7 Å². The standard InChI is InChI=1S/C18H24N2O5/c1-3-5-6-12-24-15-9-7-14(8-10-15)17(22)25-13-16(21)20-18(23)19-11-4-2/h4,7-10H,2-3,5-6,11-13H2,1H3,(H2,19,20,21,23). The molecule has 0 saturated heterocycles. The van der Waals surface area contributed by atoms with Gasteiger partial charge in [-0.2, -0.15) is 0 Å². The van der Waals surface area contributed by atoms with Gasteiger partial charge in [-0.15, -0.1) is 6.58 Å². The Morgan fingerprint density at radius 2 is 1.88 bits per heavy atom. The zero-order chi connectivity index (χ0) is 18.5. The Labute approximate surface area is 147 Å².